The van der Waals surface area contributed by atoms with Gasteiger partial charge in [0, 0.05) is 0 Å². The van der Waals surface area contributed by atoms with Gasteiger partial charge >= 0.3 is 0 Å². The third-order valence-corrected chi connectivity index (χ3v) is 6.13. The molecule has 0 bridgehead atoms. The van der Waals surface area contributed by atoms with E-state index < -0.39 is 112 Å². The van der Waals surface area contributed by atoms with Crippen molar-refractivity contribution >= 4 is 0 Å². The molecule has 34 heavy (non-hydrogen) atoms. The van der Waals surface area contributed by atoms with Crippen LogP contribution in [0, 0.1) is 0 Å². The summed E-state index contributed by atoms with van der Waals surface area (Å²) in [6.07, 6.45) is -21.2. The van der Waals surface area contributed by atoms with E-state index >= 15 is 0 Å². The number of hydrogen-bond acceptors (Lipinski definition) is 16. The molecule has 11 N–H and O–H groups in total. The van der Waals surface area contributed by atoms with Gasteiger partial charge in [-0.2, -0.15) is 0 Å². The van der Waals surface area contributed by atoms with Gasteiger partial charge in [0.15, 0.2) is 12.6 Å². The summed E-state index contributed by atoms with van der Waals surface area (Å²) in [6, 6.07) is 0. The van der Waals surface area contributed by atoms with Crippen LogP contribution in [0.2, 0.25) is 0 Å². The molecule has 3 aliphatic rings. The number of rotatable bonds is 8. The Morgan fingerprint density at radius 3 is 1.79 bits per heavy atom. The summed E-state index contributed by atoms with van der Waals surface area (Å²) in [5.41, 5.74) is 0. The van der Waals surface area contributed by atoms with E-state index in [1.165, 1.54) is 0 Å². The Morgan fingerprint density at radius 1 is 0.647 bits per heavy atom. The molecule has 3 rings (SSSR count). The molecule has 16 nitrogen and oxygen atoms in total. The van der Waals surface area contributed by atoms with Crippen molar-refractivity contribution in [1.29, 1.82) is 0 Å². The van der Waals surface area contributed by atoms with E-state index in [-0.39, 0.29) is 0 Å². The lowest BCUT2D eigenvalue weighted by atomic mass is 9.97. The van der Waals surface area contributed by atoms with Gasteiger partial charge in [0.05, 0.1) is 26.4 Å². The van der Waals surface area contributed by atoms with Crippen molar-refractivity contribution in [3.05, 3.63) is 0 Å². The summed E-state index contributed by atoms with van der Waals surface area (Å²) < 4.78 is 26.3. The summed E-state index contributed by atoms with van der Waals surface area (Å²) in [7, 11) is 0. The minimum absolute atomic E-state index is 0.578. The van der Waals surface area contributed by atoms with Crippen LogP contribution in [0.1, 0.15) is 0 Å². The van der Waals surface area contributed by atoms with Crippen LogP contribution in [0.15, 0.2) is 0 Å². The maximum absolute atomic E-state index is 10.5. The molecule has 3 fully saturated rings. The molecule has 0 aromatic rings. The van der Waals surface area contributed by atoms with Gasteiger partial charge in [0.25, 0.3) is 0 Å². The Hall–Kier alpha value is -0.640. The second-order valence-corrected chi connectivity index (χ2v) is 8.43. The molecule has 200 valence electrons. The van der Waals surface area contributed by atoms with Crippen molar-refractivity contribution in [1.82, 2.24) is 0 Å². The third kappa shape index (κ3) is 5.23. The summed E-state index contributed by atoms with van der Waals surface area (Å²) in [5.74, 6) is -2.43. The zero-order chi connectivity index (χ0) is 25.4. The molecule has 14 atom stereocenters. The molecule has 0 radical (unpaired) electrons. The Bertz CT molecular complexity index is 651. The quantitative estimate of drug-likeness (QED) is 0.146. The van der Waals surface area contributed by atoms with Gasteiger partial charge < -0.3 is 79.9 Å². The van der Waals surface area contributed by atoms with Crippen molar-refractivity contribution in [3.8, 4) is 0 Å². The fraction of sp³-hybridized carbons (Fsp3) is 1.00. The maximum atomic E-state index is 10.5. The van der Waals surface area contributed by atoms with Gasteiger partial charge in [0.2, 0.25) is 5.79 Å². The Morgan fingerprint density at radius 2 is 1.24 bits per heavy atom. The lowest BCUT2D eigenvalue weighted by Gasteiger charge is -2.46. The largest absolute Gasteiger partial charge is 0.394 e. The molecule has 0 aromatic heterocycles. The lowest BCUT2D eigenvalue weighted by molar-refractivity contribution is -0.361. The molecule has 0 aromatic carbocycles. The van der Waals surface area contributed by atoms with Crippen LogP contribution in [0.25, 0.3) is 0 Å². The molecule has 3 heterocycles. The predicted molar refractivity (Wildman–Crippen MR) is 101 cm³/mol. The number of ether oxygens (including phenoxy) is 5. The molecule has 0 spiro atoms. The first-order valence-electron chi connectivity index (χ1n) is 10.6. The van der Waals surface area contributed by atoms with Crippen molar-refractivity contribution in [2.75, 3.05) is 26.4 Å². The zero-order valence-corrected chi connectivity index (χ0v) is 17.8. The van der Waals surface area contributed by atoms with Crippen molar-refractivity contribution in [2.45, 2.75) is 85.5 Å². The van der Waals surface area contributed by atoms with E-state index in [2.05, 4.69) is 0 Å². The Labute approximate surface area is 192 Å². The van der Waals surface area contributed by atoms with Crippen molar-refractivity contribution in [3.63, 3.8) is 0 Å². The van der Waals surface area contributed by atoms with Gasteiger partial charge in [-0.25, -0.2) is 0 Å². The van der Waals surface area contributed by atoms with E-state index in [0.717, 1.165) is 0 Å². The molecule has 0 saturated carbocycles. The molecular formula is C18H32O16. The van der Waals surface area contributed by atoms with E-state index in [1.54, 1.807) is 0 Å². The monoisotopic (exact) mass is 504 g/mol. The highest BCUT2D eigenvalue weighted by Gasteiger charge is 2.54. The number of hydrogen-bond donors (Lipinski definition) is 11. The molecule has 3 aliphatic heterocycles. The Balaban J connectivity index is 1.63. The summed E-state index contributed by atoms with van der Waals surface area (Å²) >= 11 is 0. The van der Waals surface area contributed by atoms with Gasteiger partial charge in [-0.15, -0.1) is 0 Å². The molecule has 7 unspecified atom stereocenters. The topological polar surface area (TPSA) is 269 Å². The van der Waals surface area contributed by atoms with Crippen LogP contribution < -0.4 is 0 Å². The van der Waals surface area contributed by atoms with Crippen LogP contribution in [0.5, 0.6) is 0 Å². The lowest BCUT2D eigenvalue weighted by Crippen LogP contribution is -2.64. The number of aliphatic hydroxyl groups excluding tert-OH is 10. The zero-order valence-electron chi connectivity index (χ0n) is 17.8. The van der Waals surface area contributed by atoms with Crippen LogP contribution in [-0.4, -0.2) is 168 Å². The highest BCUT2D eigenvalue weighted by atomic mass is 16.7. The minimum Gasteiger partial charge on any atom is -0.394 e. The standard InChI is InChI=1S/C18H32O16/c19-1-5-8(22)10(24)12(26)17(31-5)33-14-6(2-20)32-16(13(27)11(14)25)30-3-7-9(23)15(28)18(29,4-21)34-7/h5-17,19-29H,1-4H2/t5-,6?,7-,8-,9+,10?,11-,12?,13?,14+,15?,16-,17?,18?/m1/s1. The molecule has 0 amide bonds. The normalized spacial score (nSPS) is 52.1. The smallest absolute Gasteiger partial charge is 0.219 e. The fourth-order valence-corrected chi connectivity index (χ4v) is 4.02. The Kier molecular flexibility index (Phi) is 9.18. The van der Waals surface area contributed by atoms with E-state index in [4.69, 9.17) is 28.8 Å². The van der Waals surface area contributed by atoms with E-state index in [0.29, 0.717) is 0 Å². The first-order valence-corrected chi connectivity index (χ1v) is 10.6. The summed E-state index contributed by atoms with van der Waals surface area (Å²) in [4.78, 5) is 0. The summed E-state index contributed by atoms with van der Waals surface area (Å²) in [5, 5.41) is 109. The fourth-order valence-electron chi connectivity index (χ4n) is 4.02. The summed E-state index contributed by atoms with van der Waals surface area (Å²) in [6.45, 7) is -3.11. The maximum Gasteiger partial charge on any atom is 0.219 e. The molecule has 16 heteroatoms. The van der Waals surface area contributed by atoms with Crippen LogP contribution >= 0.6 is 0 Å². The molecular weight excluding hydrogens is 472 g/mol. The van der Waals surface area contributed by atoms with Crippen LogP contribution in [0.3, 0.4) is 0 Å². The highest BCUT2D eigenvalue weighted by molar-refractivity contribution is 4.97. The minimum atomic E-state index is -2.43. The average Bonchev–Trinajstić information content (AvgIpc) is 3.05. The number of aliphatic hydroxyl groups is 11. The van der Waals surface area contributed by atoms with Crippen LogP contribution in [-0.2, 0) is 23.7 Å². The van der Waals surface area contributed by atoms with E-state index in [9.17, 15) is 51.1 Å². The van der Waals surface area contributed by atoms with Crippen LogP contribution in [0.4, 0.5) is 0 Å². The first kappa shape index (κ1) is 27.9. The van der Waals surface area contributed by atoms with Gasteiger partial charge in [-0.1, -0.05) is 0 Å². The predicted octanol–water partition coefficient (Wildman–Crippen LogP) is -7.57. The SMILES string of the molecule is OCC1O[C@@H](OC[C@H]2OC(O)(CO)C(O)[C@H]2O)C(O)[C@@H](O)[C@H]1OC1O[C@H](CO)[C@@H](O)C(O)C1O. The van der Waals surface area contributed by atoms with Gasteiger partial charge in [-0.3, -0.25) is 0 Å². The second kappa shape index (κ2) is 11.2. The molecule has 3 saturated heterocycles. The molecule has 0 aliphatic carbocycles. The van der Waals surface area contributed by atoms with Gasteiger partial charge in [-0.05, 0) is 0 Å². The van der Waals surface area contributed by atoms with Crippen molar-refractivity contribution < 1.29 is 79.9 Å². The van der Waals surface area contributed by atoms with Gasteiger partial charge in [0.1, 0.15) is 67.1 Å². The highest BCUT2D eigenvalue weighted by Crippen LogP contribution is 2.32. The first-order chi connectivity index (χ1) is 16.0. The third-order valence-electron chi connectivity index (χ3n) is 6.13. The average molecular weight is 504 g/mol. The van der Waals surface area contributed by atoms with Crippen molar-refractivity contribution in [2.24, 2.45) is 0 Å². The second-order valence-electron chi connectivity index (χ2n) is 8.43. The van der Waals surface area contributed by atoms with E-state index in [1.807, 2.05) is 0 Å².